The van der Waals surface area contributed by atoms with Crippen LogP contribution in [0, 0.1) is 19.8 Å². The molecule has 3 aromatic rings. The van der Waals surface area contributed by atoms with Gasteiger partial charge in [0.25, 0.3) is 0 Å². The van der Waals surface area contributed by atoms with Crippen molar-refractivity contribution in [1.82, 2.24) is 10.2 Å². The number of benzene rings is 2. The molecular formula is C24H26N4O. The highest BCUT2D eigenvalue weighted by atomic mass is 16.1. The molecule has 1 saturated heterocycles. The van der Waals surface area contributed by atoms with Crippen LogP contribution >= 0.6 is 0 Å². The second-order valence-corrected chi connectivity index (χ2v) is 7.68. The zero-order valence-electron chi connectivity index (χ0n) is 16.9. The average molecular weight is 386 g/mol. The highest BCUT2D eigenvalue weighted by molar-refractivity contribution is 5.94. The van der Waals surface area contributed by atoms with Crippen LogP contribution in [0.15, 0.2) is 60.7 Å². The number of hydrogen-bond donors (Lipinski definition) is 1. The van der Waals surface area contributed by atoms with Crippen molar-refractivity contribution in [2.75, 3.05) is 23.3 Å². The Labute approximate surface area is 171 Å². The van der Waals surface area contributed by atoms with E-state index in [2.05, 4.69) is 20.4 Å². The maximum Gasteiger partial charge on any atom is 0.229 e. The van der Waals surface area contributed by atoms with Crippen LogP contribution in [0.3, 0.4) is 0 Å². The number of carbonyl (C=O) groups excluding carboxylic acids is 1. The Bertz CT molecular complexity index is 965. The van der Waals surface area contributed by atoms with E-state index < -0.39 is 0 Å². The van der Waals surface area contributed by atoms with E-state index in [0.717, 1.165) is 53.3 Å². The Morgan fingerprint density at radius 3 is 2.41 bits per heavy atom. The van der Waals surface area contributed by atoms with Crippen molar-refractivity contribution in [1.29, 1.82) is 0 Å². The number of piperidine rings is 1. The summed E-state index contributed by atoms with van der Waals surface area (Å²) in [6, 6.07) is 20.1. The molecule has 1 aliphatic rings. The van der Waals surface area contributed by atoms with Crippen molar-refractivity contribution < 1.29 is 4.79 Å². The second kappa shape index (κ2) is 8.43. The Morgan fingerprint density at radius 2 is 1.72 bits per heavy atom. The number of anilines is 2. The molecule has 2 heterocycles. The van der Waals surface area contributed by atoms with Crippen LogP contribution in [-0.2, 0) is 4.79 Å². The maximum absolute atomic E-state index is 12.9. The van der Waals surface area contributed by atoms with Gasteiger partial charge in [0.1, 0.15) is 0 Å². The lowest BCUT2D eigenvalue weighted by atomic mass is 9.96. The fraction of sp³-hybridized carbons (Fsp3) is 0.292. The van der Waals surface area contributed by atoms with Crippen molar-refractivity contribution >= 4 is 17.4 Å². The fourth-order valence-corrected chi connectivity index (χ4v) is 3.89. The summed E-state index contributed by atoms with van der Waals surface area (Å²) in [5, 5.41) is 12.0. The molecule has 0 aliphatic carbocycles. The highest BCUT2D eigenvalue weighted by Crippen LogP contribution is 2.26. The van der Waals surface area contributed by atoms with E-state index in [1.165, 1.54) is 0 Å². The topological polar surface area (TPSA) is 58.1 Å². The van der Waals surface area contributed by atoms with Gasteiger partial charge in [-0.15, -0.1) is 10.2 Å². The maximum atomic E-state index is 12.9. The van der Waals surface area contributed by atoms with E-state index in [1.807, 2.05) is 74.5 Å². The van der Waals surface area contributed by atoms with Gasteiger partial charge in [0.15, 0.2) is 5.82 Å². The summed E-state index contributed by atoms with van der Waals surface area (Å²) >= 11 is 0. The number of nitrogens with zero attached hydrogens (tertiary/aromatic N) is 3. The average Bonchev–Trinajstić information content (AvgIpc) is 2.77. The zero-order valence-corrected chi connectivity index (χ0v) is 16.9. The largest absolute Gasteiger partial charge is 0.354 e. The van der Waals surface area contributed by atoms with Gasteiger partial charge in [-0.25, -0.2) is 0 Å². The van der Waals surface area contributed by atoms with E-state index in [4.69, 9.17) is 0 Å². The van der Waals surface area contributed by atoms with Gasteiger partial charge in [0.05, 0.1) is 11.6 Å². The van der Waals surface area contributed by atoms with Crippen LogP contribution in [0.25, 0.3) is 11.3 Å². The summed E-state index contributed by atoms with van der Waals surface area (Å²) in [4.78, 5) is 15.1. The van der Waals surface area contributed by atoms with Crippen LogP contribution in [0.4, 0.5) is 11.5 Å². The molecule has 1 atom stereocenters. The molecule has 0 spiro atoms. The number of hydrogen-bond acceptors (Lipinski definition) is 4. The number of aromatic nitrogens is 2. The van der Waals surface area contributed by atoms with Gasteiger partial charge in [0, 0.05) is 24.3 Å². The first-order chi connectivity index (χ1) is 14.1. The van der Waals surface area contributed by atoms with Gasteiger partial charge in [-0.3, -0.25) is 4.79 Å². The molecule has 1 aromatic heterocycles. The number of nitrogens with one attached hydrogen (secondary N) is 1. The quantitative estimate of drug-likeness (QED) is 0.711. The summed E-state index contributed by atoms with van der Waals surface area (Å²) in [5.74, 6) is 0.855. The lowest BCUT2D eigenvalue weighted by Gasteiger charge is -2.32. The third-order valence-corrected chi connectivity index (χ3v) is 5.57. The molecule has 1 fully saturated rings. The molecule has 0 bridgehead atoms. The third-order valence-electron chi connectivity index (χ3n) is 5.57. The van der Waals surface area contributed by atoms with Crippen molar-refractivity contribution in [3.63, 3.8) is 0 Å². The van der Waals surface area contributed by atoms with Gasteiger partial charge < -0.3 is 10.2 Å². The van der Waals surface area contributed by atoms with Crippen LogP contribution in [0.1, 0.15) is 24.0 Å². The fourth-order valence-electron chi connectivity index (χ4n) is 3.89. The van der Waals surface area contributed by atoms with Gasteiger partial charge in [-0.05, 0) is 49.9 Å². The minimum absolute atomic E-state index is 0.0571. The number of amides is 1. The normalized spacial score (nSPS) is 16.5. The summed E-state index contributed by atoms with van der Waals surface area (Å²) in [6.07, 6.45) is 1.86. The minimum Gasteiger partial charge on any atom is -0.354 e. The molecule has 1 unspecified atom stereocenters. The lowest BCUT2D eigenvalue weighted by Crippen LogP contribution is -2.41. The number of aryl methyl sites for hydroxylation is 2. The summed E-state index contributed by atoms with van der Waals surface area (Å²) in [6.45, 7) is 5.61. The number of para-hydroxylation sites is 1. The molecule has 1 amide bonds. The van der Waals surface area contributed by atoms with E-state index in [9.17, 15) is 4.79 Å². The predicted octanol–water partition coefficient (Wildman–Crippen LogP) is 4.62. The van der Waals surface area contributed by atoms with Crippen molar-refractivity contribution in [2.24, 2.45) is 5.92 Å². The van der Waals surface area contributed by atoms with Crippen LogP contribution in [0.2, 0.25) is 0 Å². The Hall–Kier alpha value is -3.21. The smallest absolute Gasteiger partial charge is 0.229 e. The Balaban J connectivity index is 1.45. The third kappa shape index (κ3) is 4.29. The predicted molar refractivity (Wildman–Crippen MR) is 117 cm³/mol. The zero-order chi connectivity index (χ0) is 20.2. The molecule has 4 rings (SSSR count). The molecule has 0 saturated carbocycles. The molecular weight excluding hydrogens is 360 g/mol. The monoisotopic (exact) mass is 386 g/mol. The molecule has 1 N–H and O–H groups in total. The molecule has 0 radical (unpaired) electrons. The summed E-state index contributed by atoms with van der Waals surface area (Å²) in [5.41, 5.74) is 5.02. The molecule has 2 aromatic carbocycles. The first-order valence-corrected chi connectivity index (χ1v) is 10.1. The lowest BCUT2D eigenvalue weighted by molar-refractivity contribution is -0.120. The highest BCUT2D eigenvalue weighted by Gasteiger charge is 2.27. The van der Waals surface area contributed by atoms with Crippen molar-refractivity contribution in [2.45, 2.75) is 26.7 Å². The van der Waals surface area contributed by atoms with Gasteiger partial charge in [-0.1, -0.05) is 48.5 Å². The minimum atomic E-state index is -0.0571. The van der Waals surface area contributed by atoms with Gasteiger partial charge in [-0.2, -0.15) is 0 Å². The van der Waals surface area contributed by atoms with Crippen LogP contribution in [-0.4, -0.2) is 29.2 Å². The van der Waals surface area contributed by atoms with Crippen LogP contribution in [0.5, 0.6) is 0 Å². The molecule has 148 valence electrons. The SMILES string of the molecule is Cc1cccc(C)c1NC(=O)C1CCCN(c2ccc(-c3ccccc3)nn2)C1. The first kappa shape index (κ1) is 19.1. The van der Waals surface area contributed by atoms with E-state index in [1.54, 1.807) is 0 Å². The van der Waals surface area contributed by atoms with Gasteiger partial charge in [0.2, 0.25) is 5.91 Å². The molecule has 5 heteroatoms. The van der Waals surface area contributed by atoms with E-state index in [-0.39, 0.29) is 11.8 Å². The van der Waals surface area contributed by atoms with Gasteiger partial charge >= 0.3 is 0 Å². The summed E-state index contributed by atoms with van der Waals surface area (Å²) < 4.78 is 0. The second-order valence-electron chi connectivity index (χ2n) is 7.68. The number of rotatable bonds is 4. The van der Waals surface area contributed by atoms with Crippen molar-refractivity contribution in [3.8, 4) is 11.3 Å². The van der Waals surface area contributed by atoms with Crippen molar-refractivity contribution in [3.05, 3.63) is 71.8 Å². The van der Waals surface area contributed by atoms with E-state index in [0.29, 0.717) is 6.54 Å². The molecule has 5 nitrogen and oxygen atoms in total. The summed E-state index contributed by atoms with van der Waals surface area (Å²) in [7, 11) is 0. The van der Waals surface area contributed by atoms with E-state index >= 15 is 0 Å². The number of carbonyl (C=O) groups is 1. The standard InChI is InChI=1S/C24H26N4O/c1-17-8-6-9-18(2)23(17)25-24(29)20-12-7-15-28(16-20)22-14-13-21(26-27-22)19-10-4-3-5-11-19/h3-6,8-11,13-14,20H,7,12,15-16H2,1-2H3,(H,25,29). The Morgan fingerprint density at radius 1 is 0.966 bits per heavy atom. The molecule has 29 heavy (non-hydrogen) atoms. The Kier molecular flexibility index (Phi) is 5.56. The molecule has 1 aliphatic heterocycles. The van der Waals surface area contributed by atoms with Crippen LogP contribution < -0.4 is 10.2 Å². The first-order valence-electron chi connectivity index (χ1n) is 10.1.